The molecule has 0 amide bonds. The molecule has 13 nitrogen and oxygen atoms in total. The number of hydrogen-bond acceptors (Lipinski definition) is 13. The van der Waals surface area contributed by atoms with Crippen LogP contribution in [0.25, 0.3) is 0 Å². The average molecular weight is 729 g/mol. The minimum atomic E-state index is -1.76. The second-order valence-electron chi connectivity index (χ2n) is 17.5. The van der Waals surface area contributed by atoms with Gasteiger partial charge in [0.15, 0.2) is 12.6 Å². The summed E-state index contributed by atoms with van der Waals surface area (Å²) in [5.41, 5.74) is -4.15. The van der Waals surface area contributed by atoms with Crippen molar-refractivity contribution in [2.24, 2.45) is 23.2 Å². The SMILES string of the molecule is CC[C@H]1OC(=O)[C@H](C)[C@H]2O[C@H]3C[C@](OC)(C[C@@H]4C[C@H](N(C)C)[C@@H](O)[C@@H](O4)O[C@H]([C@H]2C)[C@](C)(O)C[C@@H](C)CN[C@H](C)[C@@H](O)[C@]1(C)O)C1(CC1)[C@H](C)O3. The Kier molecular flexibility index (Phi) is 12.3. The molecule has 1 spiro atoms. The molecule has 296 valence electrons. The first kappa shape index (κ1) is 41.2. The lowest BCUT2D eigenvalue weighted by molar-refractivity contribution is -0.339. The number of aliphatic hydroxyl groups excluding tert-OH is 2. The van der Waals surface area contributed by atoms with E-state index in [-0.39, 0.29) is 42.4 Å². The van der Waals surface area contributed by atoms with Gasteiger partial charge < -0.3 is 59.1 Å². The van der Waals surface area contributed by atoms with Gasteiger partial charge in [-0.05, 0) is 93.3 Å². The van der Waals surface area contributed by atoms with Crippen LogP contribution in [0.4, 0.5) is 0 Å². The highest BCUT2D eigenvalue weighted by Crippen LogP contribution is 2.65. The van der Waals surface area contributed by atoms with Gasteiger partial charge in [-0.3, -0.25) is 4.79 Å². The smallest absolute Gasteiger partial charge is 0.311 e. The van der Waals surface area contributed by atoms with Gasteiger partial charge in [-0.1, -0.05) is 20.8 Å². The van der Waals surface area contributed by atoms with Gasteiger partial charge >= 0.3 is 5.97 Å². The predicted octanol–water partition coefficient (Wildman–Crippen LogP) is 2.34. The third-order valence-electron chi connectivity index (χ3n) is 13.4. The molecule has 6 bridgehead atoms. The number of ether oxygens (including phenoxy) is 6. The highest BCUT2D eigenvalue weighted by atomic mass is 16.7. The van der Waals surface area contributed by atoms with Gasteiger partial charge in [-0.25, -0.2) is 0 Å². The third-order valence-corrected chi connectivity index (χ3v) is 13.4. The van der Waals surface area contributed by atoms with Gasteiger partial charge in [0, 0.05) is 43.4 Å². The van der Waals surface area contributed by atoms with Gasteiger partial charge in [0.2, 0.25) is 0 Å². The minimum absolute atomic E-state index is 0.113. The molecule has 4 saturated heterocycles. The number of rotatable bonds is 3. The van der Waals surface area contributed by atoms with Crippen LogP contribution < -0.4 is 5.32 Å². The van der Waals surface area contributed by atoms with Crippen molar-refractivity contribution in [2.75, 3.05) is 27.7 Å². The number of nitrogens with one attached hydrogen (secondary N) is 1. The largest absolute Gasteiger partial charge is 0.459 e. The molecule has 0 unspecified atom stereocenters. The standard InChI is InChI=1S/C38H68N2O11/c1-12-27-36(8,45)31(42)23(5)39-19-20(2)16-35(7,44)32-21(3)30(22(4)33(43)49-27)50-28-18-38(46-11,37(13-14-37)24(6)47-28)17-25-15-26(40(9)10)29(41)34(48-25)51-32/h20-32,34,39,41-42,44-45H,12-19H2,1-11H3/t20-,21+,22-,23-,24+,25+,26+,27-,28+,29-,30+,31-,32-,34+,35-,36-,38-/m1/s1. The molecule has 5 rings (SSSR count). The molecule has 5 aliphatic rings. The van der Waals surface area contributed by atoms with Crippen molar-refractivity contribution in [3.05, 3.63) is 0 Å². The summed E-state index contributed by atoms with van der Waals surface area (Å²) in [7, 11) is 5.61. The molecule has 4 heterocycles. The lowest BCUT2D eigenvalue weighted by atomic mass is 9.71. The van der Waals surface area contributed by atoms with Gasteiger partial charge in [0.1, 0.15) is 23.9 Å². The van der Waals surface area contributed by atoms with Crippen molar-refractivity contribution in [2.45, 2.75) is 185 Å². The van der Waals surface area contributed by atoms with E-state index in [4.69, 9.17) is 28.4 Å². The zero-order chi connectivity index (χ0) is 37.8. The lowest BCUT2D eigenvalue weighted by Crippen LogP contribution is -2.63. The minimum Gasteiger partial charge on any atom is -0.459 e. The Balaban J connectivity index is 1.63. The van der Waals surface area contributed by atoms with E-state index in [0.29, 0.717) is 25.8 Å². The Labute approximate surface area is 305 Å². The van der Waals surface area contributed by atoms with Crippen LogP contribution in [0.2, 0.25) is 0 Å². The zero-order valence-corrected chi connectivity index (χ0v) is 32.8. The molecule has 0 aromatic carbocycles. The van der Waals surface area contributed by atoms with Crippen molar-refractivity contribution in [1.82, 2.24) is 10.2 Å². The van der Waals surface area contributed by atoms with Crippen LogP contribution in [-0.4, -0.2) is 143 Å². The first-order valence-electron chi connectivity index (χ1n) is 19.3. The van der Waals surface area contributed by atoms with Crippen LogP contribution in [0, 0.1) is 23.2 Å². The zero-order valence-electron chi connectivity index (χ0n) is 32.8. The number of carbonyl (C=O) groups is 1. The molecule has 0 aromatic rings. The molecule has 51 heavy (non-hydrogen) atoms. The molecule has 5 N–H and O–H groups in total. The number of aliphatic hydroxyl groups is 4. The van der Waals surface area contributed by atoms with Crippen LogP contribution in [0.3, 0.4) is 0 Å². The van der Waals surface area contributed by atoms with E-state index < -0.39 is 83.7 Å². The maximum Gasteiger partial charge on any atom is 0.311 e. The molecule has 0 aromatic heterocycles. The Morgan fingerprint density at radius 1 is 0.961 bits per heavy atom. The van der Waals surface area contributed by atoms with Gasteiger partial charge in [-0.15, -0.1) is 0 Å². The molecular formula is C38H68N2O11. The molecule has 17 atom stereocenters. The third kappa shape index (κ3) is 7.78. The highest BCUT2D eigenvalue weighted by Gasteiger charge is 2.68. The topological polar surface area (TPSA) is 169 Å². The van der Waals surface area contributed by atoms with Crippen LogP contribution in [0.1, 0.15) is 100 Å². The summed E-state index contributed by atoms with van der Waals surface area (Å²) in [4.78, 5) is 16.2. The summed E-state index contributed by atoms with van der Waals surface area (Å²) in [6.45, 7) is 14.8. The van der Waals surface area contributed by atoms with E-state index in [1.54, 1.807) is 34.8 Å². The van der Waals surface area contributed by atoms with E-state index in [9.17, 15) is 25.2 Å². The van der Waals surface area contributed by atoms with Crippen LogP contribution >= 0.6 is 0 Å². The van der Waals surface area contributed by atoms with Gasteiger partial charge in [-0.2, -0.15) is 0 Å². The van der Waals surface area contributed by atoms with E-state index in [1.165, 1.54) is 6.92 Å². The number of esters is 1. The lowest BCUT2D eigenvalue weighted by Gasteiger charge is -2.54. The van der Waals surface area contributed by atoms with E-state index >= 15 is 0 Å². The fourth-order valence-electron chi connectivity index (χ4n) is 10.1. The molecule has 1 saturated carbocycles. The van der Waals surface area contributed by atoms with E-state index in [0.717, 1.165) is 12.8 Å². The second kappa shape index (κ2) is 15.3. The first-order chi connectivity index (χ1) is 23.7. The van der Waals surface area contributed by atoms with Crippen molar-refractivity contribution < 1.29 is 53.6 Å². The van der Waals surface area contributed by atoms with Crippen molar-refractivity contribution in [3.63, 3.8) is 0 Å². The molecule has 13 heteroatoms. The maximum absolute atomic E-state index is 14.2. The number of fused-ring (bicyclic) bond motifs is 7. The summed E-state index contributed by atoms with van der Waals surface area (Å²) in [6, 6.07) is -0.842. The predicted molar refractivity (Wildman–Crippen MR) is 188 cm³/mol. The Morgan fingerprint density at radius 3 is 2.22 bits per heavy atom. The quantitative estimate of drug-likeness (QED) is 0.269. The van der Waals surface area contributed by atoms with Gasteiger partial charge in [0.05, 0.1) is 41.5 Å². The summed E-state index contributed by atoms with van der Waals surface area (Å²) in [5.74, 6) is -2.31. The Morgan fingerprint density at radius 2 is 1.63 bits per heavy atom. The van der Waals surface area contributed by atoms with E-state index in [2.05, 4.69) is 12.2 Å². The van der Waals surface area contributed by atoms with Crippen molar-refractivity contribution >= 4 is 5.97 Å². The number of carbonyl (C=O) groups excluding carboxylic acids is 1. The fourth-order valence-corrected chi connectivity index (χ4v) is 10.1. The summed E-state index contributed by atoms with van der Waals surface area (Å²) in [6.07, 6.45) is -3.65. The summed E-state index contributed by atoms with van der Waals surface area (Å²) in [5, 5.41) is 50.5. The summed E-state index contributed by atoms with van der Waals surface area (Å²) >= 11 is 0. The number of cyclic esters (lactones) is 1. The summed E-state index contributed by atoms with van der Waals surface area (Å²) < 4.78 is 39.7. The van der Waals surface area contributed by atoms with Crippen LogP contribution in [0.5, 0.6) is 0 Å². The first-order valence-corrected chi connectivity index (χ1v) is 19.3. The number of hydrogen-bond donors (Lipinski definition) is 5. The second-order valence-corrected chi connectivity index (χ2v) is 17.5. The van der Waals surface area contributed by atoms with Crippen LogP contribution in [-0.2, 0) is 33.2 Å². The van der Waals surface area contributed by atoms with Gasteiger partial charge in [0.25, 0.3) is 0 Å². The number of likely N-dealkylation sites (N-methyl/N-ethyl adjacent to an activating group) is 1. The molecule has 0 radical (unpaired) electrons. The van der Waals surface area contributed by atoms with E-state index in [1.807, 2.05) is 32.8 Å². The number of methoxy groups -OCH3 is 1. The highest BCUT2D eigenvalue weighted by molar-refractivity contribution is 5.73. The molecular weight excluding hydrogens is 660 g/mol. The molecule has 5 fully saturated rings. The number of nitrogens with zero attached hydrogens (tertiary/aromatic N) is 1. The monoisotopic (exact) mass is 728 g/mol. The maximum atomic E-state index is 14.2. The Bertz CT molecular complexity index is 1200. The Hall–Kier alpha value is -0.970. The van der Waals surface area contributed by atoms with Crippen molar-refractivity contribution in [3.8, 4) is 0 Å². The normalized spacial score (nSPS) is 51.4. The molecule has 1 aliphatic carbocycles. The van der Waals surface area contributed by atoms with Crippen LogP contribution in [0.15, 0.2) is 0 Å². The average Bonchev–Trinajstić information content (AvgIpc) is 3.87. The van der Waals surface area contributed by atoms with Crippen molar-refractivity contribution in [1.29, 1.82) is 0 Å². The fraction of sp³-hybridized carbons (Fsp3) is 0.974. The molecule has 4 aliphatic heterocycles.